The first kappa shape index (κ1) is 18.8. The average Bonchev–Trinajstić information content (AvgIpc) is 3.29. The number of hydrogen-bond donors (Lipinski definition) is 1. The Bertz CT molecular complexity index is 804. The molecular formula is C21H22F2N2O3. The highest BCUT2D eigenvalue weighted by molar-refractivity contribution is 6.06. The van der Waals surface area contributed by atoms with Gasteiger partial charge in [-0.1, -0.05) is 18.6 Å². The lowest BCUT2D eigenvalue weighted by atomic mass is 9.85. The highest BCUT2D eigenvalue weighted by Crippen LogP contribution is 2.52. The molecule has 4 unspecified atom stereocenters. The fraction of sp³-hybridized carbons (Fsp3) is 0.476. The second kappa shape index (κ2) is 7.45. The van der Waals surface area contributed by atoms with E-state index in [0.29, 0.717) is 25.8 Å². The van der Waals surface area contributed by atoms with Gasteiger partial charge in [-0.25, -0.2) is 8.78 Å². The van der Waals surface area contributed by atoms with Crippen LogP contribution in [-0.4, -0.2) is 29.2 Å². The monoisotopic (exact) mass is 388 g/mol. The van der Waals surface area contributed by atoms with Gasteiger partial charge in [0.1, 0.15) is 11.6 Å². The van der Waals surface area contributed by atoms with Crippen LogP contribution >= 0.6 is 0 Å². The molecule has 1 saturated carbocycles. The van der Waals surface area contributed by atoms with Crippen LogP contribution in [0.15, 0.2) is 30.4 Å². The predicted molar refractivity (Wildman–Crippen MR) is 97.9 cm³/mol. The van der Waals surface area contributed by atoms with Crippen molar-refractivity contribution in [3.63, 3.8) is 0 Å². The van der Waals surface area contributed by atoms with Gasteiger partial charge in [0.25, 0.3) is 0 Å². The summed E-state index contributed by atoms with van der Waals surface area (Å²) in [6, 6.07) is 2.86. The normalized spacial score (nSPS) is 27.6. The van der Waals surface area contributed by atoms with Crippen LogP contribution < -0.4 is 5.32 Å². The number of fused-ring (bicyclic) bond motifs is 5. The van der Waals surface area contributed by atoms with Crippen molar-refractivity contribution < 1.29 is 23.2 Å². The van der Waals surface area contributed by atoms with Crippen molar-refractivity contribution in [2.45, 2.75) is 32.1 Å². The number of carbonyl (C=O) groups is 3. The minimum Gasteiger partial charge on any atom is -0.326 e. The zero-order valence-corrected chi connectivity index (χ0v) is 15.4. The van der Waals surface area contributed by atoms with E-state index in [1.165, 1.54) is 4.90 Å². The lowest BCUT2D eigenvalue weighted by Crippen LogP contribution is -2.33. The standard InChI is InChI=1S/C21H22F2N2O3/c22-14-9-15(23)11-16(10-14)24-17(26)4-2-1-3-7-25-20(27)18-12-5-6-13(8-12)19(18)21(25)28/h5-6,9-13,18-19H,1-4,7-8H2,(H,24,26). The van der Waals surface area contributed by atoms with Gasteiger partial charge in [-0.3, -0.25) is 19.3 Å². The third kappa shape index (κ3) is 3.45. The Hall–Kier alpha value is -2.57. The molecule has 5 nitrogen and oxygen atoms in total. The summed E-state index contributed by atoms with van der Waals surface area (Å²) in [5, 5.41) is 2.47. The quantitative estimate of drug-likeness (QED) is 0.443. The van der Waals surface area contributed by atoms with Gasteiger partial charge < -0.3 is 5.32 Å². The molecule has 4 atom stereocenters. The molecular weight excluding hydrogens is 366 g/mol. The highest BCUT2D eigenvalue weighted by Gasteiger charge is 2.58. The maximum absolute atomic E-state index is 13.1. The van der Waals surface area contributed by atoms with Crippen LogP contribution in [0.2, 0.25) is 0 Å². The van der Waals surface area contributed by atoms with Crippen molar-refractivity contribution in [3.05, 3.63) is 42.0 Å². The molecule has 3 amide bonds. The molecule has 1 aromatic rings. The number of carbonyl (C=O) groups excluding carboxylic acids is 3. The first-order valence-electron chi connectivity index (χ1n) is 9.73. The minimum absolute atomic E-state index is 0.0438. The van der Waals surface area contributed by atoms with Crippen LogP contribution in [0.1, 0.15) is 32.1 Å². The van der Waals surface area contributed by atoms with E-state index in [1.807, 2.05) is 0 Å². The summed E-state index contributed by atoms with van der Waals surface area (Å²) in [4.78, 5) is 38.4. The third-order valence-corrected chi connectivity index (χ3v) is 5.99. The van der Waals surface area contributed by atoms with Crippen LogP contribution in [0.4, 0.5) is 14.5 Å². The molecule has 1 aliphatic heterocycles. The Balaban J connectivity index is 1.19. The van der Waals surface area contributed by atoms with Gasteiger partial charge in [-0.05, 0) is 43.2 Å². The van der Waals surface area contributed by atoms with E-state index in [1.54, 1.807) is 0 Å². The van der Waals surface area contributed by atoms with E-state index in [-0.39, 0.29) is 53.5 Å². The van der Waals surface area contributed by atoms with Gasteiger partial charge in [-0.2, -0.15) is 0 Å². The smallest absolute Gasteiger partial charge is 0.233 e. The third-order valence-electron chi connectivity index (χ3n) is 5.99. The van der Waals surface area contributed by atoms with E-state index >= 15 is 0 Å². The molecule has 2 fully saturated rings. The Labute approximate surface area is 161 Å². The zero-order chi connectivity index (χ0) is 19.8. The maximum Gasteiger partial charge on any atom is 0.233 e. The Morgan fingerprint density at radius 3 is 2.18 bits per heavy atom. The summed E-state index contributed by atoms with van der Waals surface area (Å²) in [6.07, 6.45) is 7.17. The number of nitrogens with zero attached hydrogens (tertiary/aromatic N) is 1. The summed E-state index contributed by atoms with van der Waals surface area (Å²) in [5.41, 5.74) is 0.0885. The molecule has 148 valence electrons. The van der Waals surface area contributed by atoms with Crippen LogP contribution in [0.25, 0.3) is 0 Å². The van der Waals surface area contributed by atoms with Gasteiger partial charge in [0, 0.05) is 24.7 Å². The molecule has 0 aromatic heterocycles. The molecule has 7 heteroatoms. The van der Waals surface area contributed by atoms with Crippen molar-refractivity contribution in [1.29, 1.82) is 0 Å². The lowest BCUT2D eigenvalue weighted by Gasteiger charge is -2.17. The van der Waals surface area contributed by atoms with Gasteiger partial charge in [0.2, 0.25) is 17.7 Å². The molecule has 1 saturated heterocycles. The van der Waals surface area contributed by atoms with Crippen LogP contribution in [0.5, 0.6) is 0 Å². The fourth-order valence-electron chi connectivity index (χ4n) is 4.77. The van der Waals surface area contributed by atoms with Crippen molar-refractivity contribution >= 4 is 23.4 Å². The lowest BCUT2D eigenvalue weighted by molar-refractivity contribution is -0.140. The number of rotatable bonds is 7. The largest absolute Gasteiger partial charge is 0.326 e. The Morgan fingerprint density at radius 2 is 1.57 bits per heavy atom. The minimum atomic E-state index is -0.747. The molecule has 3 aliphatic rings. The van der Waals surface area contributed by atoms with E-state index in [9.17, 15) is 23.2 Å². The average molecular weight is 388 g/mol. The second-order valence-electron chi connectivity index (χ2n) is 7.84. The summed E-state index contributed by atoms with van der Waals surface area (Å²) in [5.74, 6) is -1.81. The van der Waals surface area contributed by atoms with Crippen molar-refractivity contribution in [2.24, 2.45) is 23.7 Å². The topological polar surface area (TPSA) is 66.5 Å². The molecule has 4 rings (SSSR count). The highest BCUT2D eigenvalue weighted by atomic mass is 19.1. The number of unbranched alkanes of at least 4 members (excludes halogenated alkanes) is 2. The molecule has 1 heterocycles. The van der Waals surface area contributed by atoms with Gasteiger partial charge in [-0.15, -0.1) is 0 Å². The maximum atomic E-state index is 13.1. The van der Waals surface area contributed by atoms with E-state index in [0.717, 1.165) is 24.6 Å². The van der Waals surface area contributed by atoms with Crippen LogP contribution in [-0.2, 0) is 14.4 Å². The molecule has 0 spiro atoms. The number of imide groups is 1. The predicted octanol–water partition coefficient (Wildman–Crippen LogP) is 3.27. The SMILES string of the molecule is O=C(CCCCCN1C(=O)C2C3C=CC(C3)C2C1=O)Nc1cc(F)cc(F)c1. The molecule has 1 N–H and O–H groups in total. The number of amides is 3. The van der Waals surface area contributed by atoms with Crippen LogP contribution in [0, 0.1) is 35.3 Å². The number of allylic oxidation sites excluding steroid dienone is 2. The Kier molecular flexibility index (Phi) is 5.00. The molecule has 28 heavy (non-hydrogen) atoms. The fourth-order valence-corrected chi connectivity index (χ4v) is 4.77. The molecule has 0 radical (unpaired) electrons. The number of anilines is 1. The number of hydrogen-bond acceptors (Lipinski definition) is 3. The summed E-state index contributed by atoms with van der Waals surface area (Å²) in [6.45, 7) is 0.390. The van der Waals surface area contributed by atoms with Crippen molar-refractivity contribution in [1.82, 2.24) is 4.90 Å². The zero-order valence-electron chi connectivity index (χ0n) is 15.4. The first-order chi connectivity index (χ1) is 13.4. The first-order valence-corrected chi connectivity index (χ1v) is 9.73. The van der Waals surface area contributed by atoms with E-state index in [2.05, 4.69) is 17.5 Å². The van der Waals surface area contributed by atoms with Crippen molar-refractivity contribution in [2.75, 3.05) is 11.9 Å². The summed E-state index contributed by atoms with van der Waals surface area (Å²) in [7, 11) is 0. The Morgan fingerprint density at radius 1 is 0.964 bits per heavy atom. The van der Waals surface area contributed by atoms with Crippen molar-refractivity contribution in [3.8, 4) is 0 Å². The van der Waals surface area contributed by atoms with Gasteiger partial charge in [0.15, 0.2) is 0 Å². The molecule has 2 aliphatic carbocycles. The number of benzene rings is 1. The van der Waals surface area contributed by atoms with E-state index < -0.39 is 11.6 Å². The van der Waals surface area contributed by atoms with Gasteiger partial charge in [0.05, 0.1) is 11.8 Å². The summed E-state index contributed by atoms with van der Waals surface area (Å²) < 4.78 is 26.2. The molecule has 2 bridgehead atoms. The van der Waals surface area contributed by atoms with Crippen LogP contribution in [0.3, 0.4) is 0 Å². The van der Waals surface area contributed by atoms with E-state index in [4.69, 9.17) is 0 Å². The van der Waals surface area contributed by atoms with Gasteiger partial charge >= 0.3 is 0 Å². The number of likely N-dealkylation sites (tertiary alicyclic amines) is 1. The number of halogens is 2. The number of nitrogens with one attached hydrogen (secondary N) is 1. The molecule has 1 aromatic carbocycles. The second-order valence-corrected chi connectivity index (χ2v) is 7.84. The summed E-state index contributed by atoms with van der Waals surface area (Å²) >= 11 is 0.